The molecule has 1 saturated heterocycles. The van der Waals surface area contributed by atoms with Crippen molar-refractivity contribution in [2.24, 2.45) is 5.92 Å². The largest absolute Gasteiger partial charge is 0.393 e. The Balaban J connectivity index is 1.93. The predicted octanol–water partition coefficient (Wildman–Crippen LogP) is 1.41. The second-order valence-corrected chi connectivity index (χ2v) is 5.72. The second-order valence-electron chi connectivity index (χ2n) is 5.72. The first-order valence-electron chi connectivity index (χ1n) is 7.79. The van der Waals surface area contributed by atoms with Gasteiger partial charge in [-0.05, 0) is 31.7 Å². The first kappa shape index (κ1) is 16.2. The van der Waals surface area contributed by atoms with Crippen LogP contribution in [0.5, 0.6) is 0 Å². The summed E-state index contributed by atoms with van der Waals surface area (Å²) in [5.74, 6) is 1.50. The molecular formula is C16H27N3O2. The van der Waals surface area contributed by atoms with Crippen molar-refractivity contribution in [3.8, 4) is 0 Å². The molecule has 1 aliphatic rings. The Bertz CT molecular complexity index is 418. The minimum atomic E-state index is -0.203. The molecule has 0 radical (unpaired) electrons. The SMILES string of the molecule is COCCNCc1cccnc1N1CCC(C(C)O)CC1. The summed E-state index contributed by atoms with van der Waals surface area (Å²) in [6, 6.07) is 4.11. The van der Waals surface area contributed by atoms with E-state index < -0.39 is 0 Å². The van der Waals surface area contributed by atoms with E-state index in [0.29, 0.717) is 5.92 Å². The first-order valence-corrected chi connectivity index (χ1v) is 7.79. The molecule has 0 saturated carbocycles. The van der Waals surface area contributed by atoms with Gasteiger partial charge in [-0.2, -0.15) is 0 Å². The highest BCUT2D eigenvalue weighted by Crippen LogP contribution is 2.26. The minimum Gasteiger partial charge on any atom is -0.393 e. The zero-order valence-electron chi connectivity index (χ0n) is 13.1. The standard InChI is InChI=1S/C16H27N3O2/c1-13(20)14-5-9-19(10-6-14)16-15(4-3-7-18-16)12-17-8-11-21-2/h3-4,7,13-14,17,20H,5-6,8-12H2,1-2H3. The number of hydrogen-bond acceptors (Lipinski definition) is 5. The lowest BCUT2D eigenvalue weighted by atomic mass is 9.92. The van der Waals surface area contributed by atoms with Gasteiger partial charge in [-0.1, -0.05) is 6.07 Å². The molecule has 2 rings (SSSR count). The van der Waals surface area contributed by atoms with E-state index in [4.69, 9.17) is 4.74 Å². The van der Waals surface area contributed by atoms with Crippen LogP contribution in [0.1, 0.15) is 25.3 Å². The fourth-order valence-corrected chi connectivity index (χ4v) is 2.84. The molecule has 1 aliphatic heterocycles. The number of methoxy groups -OCH3 is 1. The Morgan fingerprint density at radius 2 is 2.24 bits per heavy atom. The van der Waals surface area contributed by atoms with Gasteiger partial charge in [0.15, 0.2) is 0 Å². The highest BCUT2D eigenvalue weighted by atomic mass is 16.5. The van der Waals surface area contributed by atoms with E-state index >= 15 is 0 Å². The van der Waals surface area contributed by atoms with E-state index in [-0.39, 0.29) is 6.10 Å². The van der Waals surface area contributed by atoms with Crippen LogP contribution in [0.25, 0.3) is 0 Å². The Hall–Kier alpha value is -1.17. The summed E-state index contributed by atoms with van der Waals surface area (Å²) >= 11 is 0. The molecule has 5 heteroatoms. The molecule has 2 heterocycles. The number of rotatable bonds is 7. The Kier molecular flexibility index (Phi) is 6.42. The Morgan fingerprint density at radius 1 is 1.48 bits per heavy atom. The molecule has 21 heavy (non-hydrogen) atoms. The number of aromatic nitrogens is 1. The van der Waals surface area contributed by atoms with Gasteiger partial charge in [-0.3, -0.25) is 0 Å². The Labute approximate surface area is 127 Å². The number of anilines is 1. The third-order valence-corrected chi connectivity index (χ3v) is 4.19. The maximum absolute atomic E-state index is 9.70. The highest BCUT2D eigenvalue weighted by Gasteiger charge is 2.24. The summed E-state index contributed by atoms with van der Waals surface area (Å²) in [6.07, 6.45) is 3.72. The van der Waals surface area contributed by atoms with Gasteiger partial charge in [0.1, 0.15) is 5.82 Å². The molecule has 0 amide bonds. The monoisotopic (exact) mass is 293 g/mol. The van der Waals surface area contributed by atoms with E-state index in [1.807, 2.05) is 19.2 Å². The van der Waals surface area contributed by atoms with Gasteiger partial charge < -0.3 is 20.1 Å². The van der Waals surface area contributed by atoms with Crippen LogP contribution in [0.2, 0.25) is 0 Å². The van der Waals surface area contributed by atoms with Crippen LogP contribution in [-0.4, -0.2) is 49.5 Å². The molecule has 1 fully saturated rings. The number of piperidine rings is 1. The highest BCUT2D eigenvalue weighted by molar-refractivity contribution is 5.47. The van der Waals surface area contributed by atoms with Gasteiger partial charge in [-0.15, -0.1) is 0 Å². The Morgan fingerprint density at radius 3 is 2.90 bits per heavy atom. The van der Waals surface area contributed by atoms with E-state index in [0.717, 1.165) is 51.4 Å². The average molecular weight is 293 g/mol. The van der Waals surface area contributed by atoms with Gasteiger partial charge in [0.2, 0.25) is 0 Å². The fraction of sp³-hybridized carbons (Fsp3) is 0.688. The van der Waals surface area contributed by atoms with E-state index in [2.05, 4.69) is 21.3 Å². The molecule has 1 aromatic heterocycles. The topological polar surface area (TPSA) is 57.6 Å². The van der Waals surface area contributed by atoms with Crippen molar-refractivity contribution >= 4 is 5.82 Å². The number of hydrogen-bond donors (Lipinski definition) is 2. The summed E-state index contributed by atoms with van der Waals surface area (Å²) in [5.41, 5.74) is 1.23. The lowest BCUT2D eigenvalue weighted by molar-refractivity contribution is 0.109. The predicted molar refractivity (Wildman–Crippen MR) is 84.4 cm³/mol. The number of nitrogens with one attached hydrogen (secondary N) is 1. The normalized spacial score (nSPS) is 18.0. The second kappa shape index (κ2) is 8.32. The van der Waals surface area contributed by atoms with Crippen LogP contribution in [-0.2, 0) is 11.3 Å². The van der Waals surface area contributed by atoms with Crippen LogP contribution < -0.4 is 10.2 Å². The van der Waals surface area contributed by atoms with Crippen molar-refractivity contribution in [2.45, 2.75) is 32.4 Å². The first-order chi connectivity index (χ1) is 10.2. The smallest absolute Gasteiger partial charge is 0.133 e. The van der Waals surface area contributed by atoms with Crippen molar-refractivity contribution in [2.75, 3.05) is 38.3 Å². The molecule has 5 nitrogen and oxygen atoms in total. The van der Waals surface area contributed by atoms with Crippen LogP contribution in [0.15, 0.2) is 18.3 Å². The third-order valence-electron chi connectivity index (χ3n) is 4.19. The summed E-state index contributed by atoms with van der Waals surface area (Å²) in [4.78, 5) is 6.90. The number of ether oxygens (including phenoxy) is 1. The number of aliphatic hydroxyl groups excluding tert-OH is 1. The molecule has 0 aromatic carbocycles. The minimum absolute atomic E-state index is 0.203. The van der Waals surface area contributed by atoms with Crippen molar-refractivity contribution in [1.29, 1.82) is 0 Å². The number of pyridine rings is 1. The lowest BCUT2D eigenvalue weighted by Gasteiger charge is -2.35. The zero-order valence-corrected chi connectivity index (χ0v) is 13.1. The van der Waals surface area contributed by atoms with Gasteiger partial charge in [0.25, 0.3) is 0 Å². The van der Waals surface area contributed by atoms with Crippen molar-refractivity contribution in [1.82, 2.24) is 10.3 Å². The van der Waals surface area contributed by atoms with Crippen LogP contribution in [0.3, 0.4) is 0 Å². The van der Waals surface area contributed by atoms with Gasteiger partial charge in [-0.25, -0.2) is 4.98 Å². The third kappa shape index (κ3) is 4.66. The van der Waals surface area contributed by atoms with Crippen molar-refractivity contribution in [3.05, 3.63) is 23.9 Å². The molecule has 0 aliphatic carbocycles. The van der Waals surface area contributed by atoms with Crippen LogP contribution in [0.4, 0.5) is 5.82 Å². The van der Waals surface area contributed by atoms with E-state index in [9.17, 15) is 5.11 Å². The number of aliphatic hydroxyl groups is 1. The lowest BCUT2D eigenvalue weighted by Crippen LogP contribution is -2.38. The maximum atomic E-state index is 9.70. The van der Waals surface area contributed by atoms with Gasteiger partial charge in [0.05, 0.1) is 12.7 Å². The van der Waals surface area contributed by atoms with Crippen LogP contribution >= 0.6 is 0 Å². The average Bonchev–Trinajstić information content (AvgIpc) is 2.52. The molecule has 2 N–H and O–H groups in total. The summed E-state index contributed by atoms with van der Waals surface area (Å²) in [6.45, 7) is 6.20. The van der Waals surface area contributed by atoms with Gasteiger partial charge >= 0.3 is 0 Å². The van der Waals surface area contributed by atoms with Crippen LogP contribution in [0, 0.1) is 5.92 Å². The number of nitrogens with zero attached hydrogens (tertiary/aromatic N) is 2. The van der Waals surface area contributed by atoms with Crippen molar-refractivity contribution < 1.29 is 9.84 Å². The van der Waals surface area contributed by atoms with Gasteiger partial charge in [0, 0.05) is 45.0 Å². The van der Waals surface area contributed by atoms with E-state index in [1.54, 1.807) is 7.11 Å². The molecule has 0 bridgehead atoms. The molecule has 0 spiro atoms. The maximum Gasteiger partial charge on any atom is 0.133 e. The summed E-state index contributed by atoms with van der Waals surface area (Å²) in [7, 11) is 1.71. The molecular weight excluding hydrogens is 266 g/mol. The summed E-state index contributed by atoms with van der Waals surface area (Å²) in [5, 5.41) is 13.1. The zero-order chi connectivity index (χ0) is 15.1. The molecule has 1 unspecified atom stereocenters. The van der Waals surface area contributed by atoms with Crippen molar-refractivity contribution in [3.63, 3.8) is 0 Å². The fourth-order valence-electron chi connectivity index (χ4n) is 2.84. The van der Waals surface area contributed by atoms with E-state index in [1.165, 1.54) is 5.56 Å². The molecule has 1 aromatic rings. The molecule has 118 valence electrons. The quantitative estimate of drug-likeness (QED) is 0.745. The summed E-state index contributed by atoms with van der Waals surface area (Å²) < 4.78 is 5.05. The molecule has 1 atom stereocenters.